The molecule has 1 N–H and O–H groups in total. The van der Waals surface area contributed by atoms with Crippen molar-refractivity contribution in [1.29, 1.82) is 0 Å². The van der Waals surface area contributed by atoms with Crippen LogP contribution in [-0.4, -0.2) is 13.6 Å². The van der Waals surface area contributed by atoms with E-state index in [1.165, 1.54) is 22.6 Å². The molecule has 0 aliphatic carbocycles. The fraction of sp³-hybridized carbons (Fsp3) is 0.667. The van der Waals surface area contributed by atoms with Crippen LogP contribution in [0.25, 0.3) is 0 Å². The van der Waals surface area contributed by atoms with Crippen LogP contribution in [0.3, 0.4) is 0 Å². The van der Waals surface area contributed by atoms with Gasteiger partial charge in [0.05, 0.1) is 0 Å². The Bertz CT molecular complexity index is 276. The highest BCUT2D eigenvalue weighted by atomic mass is 32.1. The lowest BCUT2D eigenvalue weighted by Crippen LogP contribution is -2.27. The summed E-state index contributed by atoms with van der Waals surface area (Å²) in [7, 11) is 2.02. The highest BCUT2D eigenvalue weighted by Gasteiger charge is 2.16. The van der Waals surface area contributed by atoms with E-state index in [4.69, 9.17) is 0 Å². The normalized spacial score (nSPS) is 12.0. The molecule has 1 heterocycles. The SMILES string of the molecule is CNCC(C)(C)CCc1ccc(C)s1. The van der Waals surface area contributed by atoms with Crippen molar-refractivity contribution >= 4 is 11.3 Å². The van der Waals surface area contributed by atoms with E-state index in [2.05, 4.69) is 38.2 Å². The van der Waals surface area contributed by atoms with Crippen LogP contribution < -0.4 is 5.32 Å². The van der Waals surface area contributed by atoms with Crippen molar-refractivity contribution in [2.75, 3.05) is 13.6 Å². The molecule has 0 aliphatic heterocycles. The van der Waals surface area contributed by atoms with E-state index in [1.807, 2.05) is 18.4 Å². The van der Waals surface area contributed by atoms with Gasteiger partial charge in [-0.1, -0.05) is 13.8 Å². The average Bonchev–Trinajstić information content (AvgIpc) is 2.48. The zero-order valence-electron chi connectivity index (χ0n) is 9.68. The van der Waals surface area contributed by atoms with Crippen molar-refractivity contribution in [1.82, 2.24) is 5.32 Å². The summed E-state index contributed by atoms with van der Waals surface area (Å²) in [6, 6.07) is 4.47. The number of hydrogen-bond donors (Lipinski definition) is 1. The van der Waals surface area contributed by atoms with E-state index in [0.29, 0.717) is 5.41 Å². The van der Waals surface area contributed by atoms with E-state index in [-0.39, 0.29) is 0 Å². The Labute approximate surface area is 91.5 Å². The molecule has 80 valence electrons. The molecule has 0 unspecified atom stereocenters. The Morgan fingerprint density at radius 2 is 2.07 bits per heavy atom. The maximum absolute atomic E-state index is 3.25. The van der Waals surface area contributed by atoms with Crippen LogP contribution in [0.15, 0.2) is 12.1 Å². The van der Waals surface area contributed by atoms with Crippen molar-refractivity contribution in [3.8, 4) is 0 Å². The summed E-state index contributed by atoms with van der Waals surface area (Å²) in [6.45, 7) is 7.91. The summed E-state index contributed by atoms with van der Waals surface area (Å²) < 4.78 is 0. The summed E-state index contributed by atoms with van der Waals surface area (Å²) in [5.41, 5.74) is 0.409. The molecular formula is C12H21NS. The molecule has 0 bridgehead atoms. The van der Waals surface area contributed by atoms with Gasteiger partial charge in [-0.25, -0.2) is 0 Å². The van der Waals surface area contributed by atoms with Crippen LogP contribution in [0.2, 0.25) is 0 Å². The third kappa shape index (κ3) is 3.81. The Hall–Kier alpha value is -0.340. The molecule has 2 heteroatoms. The van der Waals surface area contributed by atoms with Crippen LogP contribution in [0, 0.1) is 12.3 Å². The number of nitrogens with one attached hydrogen (secondary N) is 1. The Morgan fingerprint density at radius 1 is 1.36 bits per heavy atom. The molecule has 0 aromatic carbocycles. The number of thiophene rings is 1. The quantitative estimate of drug-likeness (QED) is 0.788. The van der Waals surface area contributed by atoms with Crippen molar-refractivity contribution in [2.24, 2.45) is 5.41 Å². The first-order chi connectivity index (χ1) is 6.53. The van der Waals surface area contributed by atoms with Gasteiger partial charge in [0.2, 0.25) is 0 Å². The van der Waals surface area contributed by atoms with E-state index in [9.17, 15) is 0 Å². The number of hydrogen-bond acceptors (Lipinski definition) is 2. The fourth-order valence-corrected chi connectivity index (χ4v) is 2.54. The molecule has 0 saturated heterocycles. The summed E-state index contributed by atoms with van der Waals surface area (Å²) in [6.07, 6.45) is 2.47. The molecule has 0 saturated carbocycles. The standard InChI is InChI=1S/C12H21NS/c1-10-5-6-11(14-10)7-8-12(2,3)9-13-4/h5-6,13H,7-9H2,1-4H3. The van der Waals surface area contributed by atoms with Gasteiger partial charge in [-0.3, -0.25) is 0 Å². The average molecular weight is 211 g/mol. The molecule has 1 aromatic rings. The zero-order valence-corrected chi connectivity index (χ0v) is 10.5. The maximum Gasteiger partial charge on any atom is 0.00482 e. The molecule has 0 amide bonds. The predicted octanol–water partition coefficient (Wildman–Crippen LogP) is 3.23. The summed E-state index contributed by atoms with van der Waals surface area (Å²) >= 11 is 1.93. The molecular weight excluding hydrogens is 190 g/mol. The molecule has 14 heavy (non-hydrogen) atoms. The third-order valence-electron chi connectivity index (χ3n) is 2.50. The number of rotatable bonds is 5. The first-order valence-electron chi connectivity index (χ1n) is 5.23. The van der Waals surface area contributed by atoms with Crippen LogP contribution >= 0.6 is 11.3 Å². The Balaban J connectivity index is 2.40. The summed E-state index contributed by atoms with van der Waals surface area (Å²) in [4.78, 5) is 2.94. The van der Waals surface area contributed by atoms with Gasteiger partial charge in [-0.2, -0.15) is 0 Å². The topological polar surface area (TPSA) is 12.0 Å². The lowest BCUT2D eigenvalue weighted by Gasteiger charge is -2.23. The van der Waals surface area contributed by atoms with Crippen molar-refractivity contribution in [2.45, 2.75) is 33.6 Å². The predicted molar refractivity (Wildman–Crippen MR) is 65.1 cm³/mol. The van der Waals surface area contributed by atoms with E-state index in [0.717, 1.165) is 6.54 Å². The number of aryl methyl sites for hydroxylation is 2. The molecule has 0 atom stereocenters. The second-order valence-corrected chi connectivity index (χ2v) is 6.08. The smallest absolute Gasteiger partial charge is 0.00482 e. The summed E-state index contributed by atoms with van der Waals surface area (Å²) in [5.74, 6) is 0. The van der Waals surface area contributed by atoms with Gasteiger partial charge in [0.1, 0.15) is 0 Å². The van der Waals surface area contributed by atoms with E-state index >= 15 is 0 Å². The summed E-state index contributed by atoms with van der Waals surface area (Å²) in [5, 5.41) is 3.25. The first kappa shape index (κ1) is 11.7. The fourth-order valence-electron chi connectivity index (χ4n) is 1.65. The molecule has 1 rings (SSSR count). The van der Waals surface area contributed by atoms with Crippen LogP contribution in [-0.2, 0) is 6.42 Å². The van der Waals surface area contributed by atoms with Crippen molar-refractivity contribution < 1.29 is 0 Å². The molecule has 0 fully saturated rings. The maximum atomic E-state index is 3.25. The highest BCUT2D eigenvalue weighted by molar-refractivity contribution is 7.11. The van der Waals surface area contributed by atoms with Crippen molar-refractivity contribution in [3.63, 3.8) is 0 Å². The lowest BCUT2D eigenvalue weighted by atomic mass is 9.87. The van der Waals surface area contributed by atoms with Gasteiger partial charge < -0.3 is 5.32 Å². The van der Waals surface area contributed by atoms with Gasteiger partial charge in [-0.05, 0) is 50.9 Å². The largest absolute Gasteiger partial charge is 0.319 e. The van der Waals surface area contributed by atoms with Gasteiger partial charge >= 0.3 is 0 Å². The minimum absolute atomic E-state index is 0.409. The lowest BCUT2D eigenvalue weighted by molar-refractivity contribution is 0.325. The molecule has 0 radical (unpaired) electrons. The molecule has 0 aliphatic rings. The third-order valence-corrected chi connectivity index (χ3v) is 3.56. The minimum Gasteiger partial charge on any atom is -0.319 e. The Kier molecular flexibility index (Phi) is 4.14. The highest BCUT2D eigenvalue weighted by Crippen LogP contribution is 2.24. The second-order valence-electron chi connectivity index (χ2n) is 4.71. The van der Waals surface area contributed by atoms with Gasteiger partial charge in [0, 0.05) is 9.75 Å². The van der Waals surface area contributed by atoms with E-state index in [1.54, 1.807) is 0 Å². The van der Waals surface area contributed by atoms with Crippen LogP contribution in [0.1, 0.15) is 30.0 Å². The Morgan fingerprint density at radius 3 is 2.57 bits per heavy atom. The van der Waals surface area contributed by atoms with Crippen LogP contribution in [0.4, 0.5) is 0 Å². The minimum atomic E-state index is 0.409. The second kappa shape index (κ2) is 4.94. The molecule has 1 nitrogen and oxygen atoms in total. The van der Waals surface area contributed by atoms with Gasteiger partial charge in [-0.15, -0.1) is 11.3 Å². The molecule has 0 spiro atoms. The van der Waals surface area contributed by atoms with Gasteiger partial charge in [0.15, 0.2) is 0 Å². The first-order valence-corrected chi connectivity index (χ1v) is 6.05. The van der Waals surface area contributed by atoms with E-state index < -0.39 is 0 Å². The van der Waals surface area contributed by atoms with Crippen LogP contribution in [0.5, 0.6) is 0 Å². The molecule has 1 aromatic heterocycles. The van der Waals surface area contributed by atoms with Gasteiger partial charge in [0.25, 0.3) is 0 Å². The van der Waals surface area contributed by atoms with Crippen molar-refractivity contribution in [3.05, 3.63) is 21.9 Å². The monoisotopic (exact) mass is 211 g/mol. The zero-order chi connectivity index (χ0) is 10.6.